The second-order valence-electron chi connectivity index (χ2n) is 8.43. The number of hydrogen-bond donors (Lipinski definition) is 0. The quantitative estimate of drug-likeness (QED) is 0.751. The number of fused-ring (bicyclic) bond motifs is 3. The highest BCUT2D eigenvalue weighted by Crippen LogP contribution is 2.54. The summed E-state index contributed by atoms with van der Waals surface area (Å²) in [5, 5.41) is 0. The van der Waals surface area contributed by atoms with Crippen molar-refractivity contribution in [3.63, 3.8) is 0 Å². The first-order valence-corrected chi connectivity index (χ1v) is 10.6. The van der Waals surface area contributed by atoms with Crippen molar-refractivity contribution in [1.29, 1.82) is 0 Å². The first kappa shape index (κ1) is 18.1. The predicted molar refractivity (Wildman–Crippen MR) is 98.7 cm³/mol. The minimum atomic E-state index is -0.118. The molecule has 3 aliphatic heterocycles. The zero-order valence-electron chi connectivity index (χ0n) is 16.4. The largest absolute Gasteiger partial charge is 0.450 e. The summed E-state index contributed by atoms with van der Waals surface area (Å²) in [5.74, 6) is 1.80. The first-order chi connectivity index (χ1) is 12.6. The van der Waals surface area contributed by atoms with E-state index in [2.05, 4.69) is 18.7 Å². The van der Waals surface area contributed by atoms with Crippen LogP contribution in [0.4, 0.5) is 4.79 Å². The number of carbonyl (C=O) groups excluding carboxylic acids is 2. The molecule has 1 aliphatic carbocycles. The third-order valence-electron chi connectivity index (χ3n) is 7.29. The van der Waals surface area contributed by atoms with Gasteiger partial charge in [0.2, 0.25) is 5.91 Å². The van der Waals surface area contributed by atoms with Crippen molar-refractivity contribution in [2.24, 2.45) is 17.8 Å². The van der Waals surface area contributed by atoms with E-state index in [0.29, 0.717) is 42.5 Å². The van der Waals surface area contributed by atoms with Gasteiger partial charge in [-0.15, -0.1) is 0 Å². The number of nitrogens with zero attached hydrogens (tertiary/aromatic N) is 3. The van der Waals surface area contributed by atoms with Gasteiger partial charge in [0.25, 0.3) is 0 Å². The molecule has 0 spiro atoms. The van der Waals surface area contributed by atoms with E-state index >= 15 is 0 Å². The summed E-state index contributed by atoms with van der Waals surface area (Å²) in [7, 11) is 0. The van der Waals surface area contributed by atoms with Crippen LogP contribution in [0.2, 0.25) is 0 Å². The second kappa shape index (κ2) is 7.02. The lowest BCUT2D eigenvalue weighted by molar-refractivity contribution is -0.133. The molecule has 0 N–H and O–H groups in total. The molecule has 0 aromatic rings. The maximum Gasteiger partial charge on any atom is 0.410 e. The molecule has 146 valence electrons. The average molecular weight is 364 g/mol. The number of likely N-dealkylation sites (tertiary alicyclic amines) is 1. The number of hydrogen-bond acceptors (Lipinski definition) is 4. The van der Waals surface area contributed by atoms with Gasteiger partial charge in [-0.05, 0) is 58.3 Å². The van der Waals surface area contributed by atoms with E-state index in [4.69, 9.17) is 4.74 Å². The van der Waals surface area contributed by atoms with E-state index in [1.807, 2.05) is 16.7 Å². The summed E-state index contributed by atoms with van der Waals surface area (Å²) in [5.41, 5.74) is 0. The molecule has 2 bridgehead atoms. The summed E-state index contributed by atoms with van der Waals surface area (Å²) in [6, 6.07) is 1.28. The van der Waals surface area contributed by atoms with E-state index < -0.39 is 0 Å². The van der Waals surface area contributed by atoms with Crippen molar-refractivity contribution in [3.05, 3.63) is 0 Å². The zero-order chi connectivity index (χ0) is 18.4. The summed E-state index contributed by atoms with van der Waals surface area (Å²) in [6.45, 7) is 10.3. The van der Waals surface area contributed by atoms with Crippen LogP contribution < -0.4 is 0 Å². The van der Waals surface area contributed by atoms with Crippen LogP contribution in [0, 0.1) is 17.8 Å². The van der Waals surface area contributed by atoms with Gasteiger partial charge in [-0.1, -0.05) is 0 Å². The van der Waals surface area contributed by atoms with Crippen LogP contribution in [-0.2, 0) is 9.53 Å². The Balaban J connectivity index is 1.31. The van der Waals surface area contributed by atoms with E-state index in [0.717, 1.165) is 51.9 Å². The van der Waals surface area contributed by atoms with Crippen LogP contribution in [0.15, 0.2) is 0 Å². The first-order valence-electron chi connectivity index (χ1n) is 10.6. The van der Waals surface area contributed by atoms with E-state index in [-0.39, 0.29) is 12.0 Å². The van der Waals surface area contributed by atoms with Gasteiger partial charge >= 0.3 is 6.09 Å². The summed E-state index contributed by atoms with van der Waals surface area (Å²) < 4.78 is 5.26. The van der Waals surface area contributed by atoms with E-state index in [1.165, 1.54) is 0 Å². The molecule has 2 amide bonds. The number of carbonyl (C=O) groups is 2. The molecule has 4 fully saturated rings. The molecule has 4 aliphatic rings. The van der Waals surface area contributed by atoms with Gasteiger partial charge in [-0.2, -0.15) is 0 Å². The highest BCUT2D eigenvalue weighted by molar-refractivity contribution is 5.82. The van der Waals surface area contributed by atoms with E-state index in [9.17, 15) is 9.59 Å². The summed E-state index contributed by atoms with van der Waals surface area (Å²) in [6.07, 6.45) is 4.26. The Morgan fingerprint density at radius 2 is 1.54 bits per heavy atom. The highest BCUT2D eigenvalue weighted by Gasteiger charge is 2.61. The smallest absolute Gasteiger partial charge is 0.410 e. The lowest BCUT2D eigenvalue weighted by Crippen LogP contribution is -2.52. The van der Waals surface area contributed by atoms with Gasteiger partial charge in [0.15, 0.2) is 0 Å². The summed E-state index contributed by atoms with van der Waals surface area (Å²) >= 11 is 0. The highest BCUT2D eigenvalue weighted by atomic mass is 16.6. The molecule has 0 aromatic carbocycles. The predicted octanol–water partition coefficient (Wildman–Crippen LogP) is 2.18. The molecule has 1 saturated carbocycles. The fraction of sp³-hybridized carbons (Fsp3) is 0.900. The molecule has 0 aromatic heterocycles. The molecule has 26 heavy (non-hydrogen) atoms. The molecule has 4 atom stereocenters. The SMILES string of the molecule is CCOC(=O)N1C2CCC1CC(N1CC3C(C1)C3C(=O)N(CC)CC)C2. The Morgan fingerprint density at radius 3 is 2.04 bits per heavy atom. The third-order valence-corrected chi connectivity index (χ3v) is 7.29. The number of amides is 2. The molecule has 0 radical (unpaired) electrons. The van der Waals surface area contributed by atoms with Crippen molar-refractivity contribution >= 4 is 12.0 Å². The molecule has 3 heterocycles. The second-order valence-corrected chi connectivity index (χ2v) is 8.43. The van der Waals surface area contributed by atoms with Gasteiger partial charge in [0, 0.05) is 50.2 Å². The van der Waals surface area contributed by atoms with Crippen molar-refractivity contribution < 1.29 is 14.3 Å². The summed E-state index contributed by atoms with van der Waals surface area (Å²) in [4.78, 5) is 31.5. The monoisotopic (exact) mass is 363 g/mol. The van der Waals surface area contributed by atoms with Crippen molar-refractivity contribution in [2.45, 2.75) is 64.6 Å². The number of piperidine rings is 2. The fourth-order valence-electron chi connectivity index (χ4n) is 5.91. The molecular weight excluding hydrogens is 330 g/mol. The van der Waals surface area contributed by atoms with Gasteiger partial charge in [-0.25, -0.2) is 4.79 Å². The maximum atomic E-state index is 12.6. The molecule has 6 heteroatoms. The van der Waals surface area contributed by atoms with Crippen LogP contribution in [0.3, 0.4) is 0 Å². The Labute approximate surface area is 156 Å². The van der Waals surface area contributed by atoms with Crippen molar-refractivity contribution in [3.8, 4) is 0 Å². The minimum Gasteiger partial charge on any atom is -0.450 e. The maximum absolute atomic E-state index is 12.6. The van der Waals surface area contributed by atoms with Crippen LogP contribution in [0.5, 0.6) is 0 Å². The topological polar surface area (TPSA) is 53.1 Å². The van der Waals surface area contributed by atoms with Gasteiger partial charge < -0.3 is 14.5 Å². The van der Waals surface area contributed by atoms with Crippen LogP contribution >= 0.6 is 0 Å². The van der Waals surface area contributed by atoms with Gasteiger partial charge in [0.1, 0.15) is 0 Å². The van der Waals surface area contributed by atoms with Crippen LogP contribution in [0.1, 0.15) is 46.5 Å². The Bertz CT molecular complexity index is 539. The average Bonchev–Trinajstić information content (AvgIpc) is 2.99. The normalized spacial score (nSPS) is 38.2. The molecular formula is C20H33N3O3. The van der Waals surface area contributed by atoms with Crippen molar-refractivity contribution in [2.75, 3.05) is 32.8 Å². The van der Waals surface area contributed by atoms with Crippen LogP contribution in [-0.4, -0.2) is 77.6 Å². The third kappa shape index (κ3) is 2.90. The van der Waals surface area contributed by atoms with E-state index in [1.54, 1.807) is 0 Å². The van der Waals surface area contributed by atoms with Crippen LogP contribution in [0.25, 0.3) is 0 Å². The lowest BCUT2D eigenvalue weighted by Gasteiger charge is -2.42. The standard InChI is InChI=1S/C20H33N3O3/c1-4-21(5-2)19(24)18-16-11-22(12-17(16)18)15-9-13-7-8-14(10-15)23(13)20(25)26-6-3/h13-18H,4-12H2,1-3H3. The Kier molecular flexibility index (Phi) is 4.88. The Hall–Kier alpha value is -1.30. The van der Waals surface area contributed by atoms with Gasteiger partial charge in [-0.3, -0.25) is 9.69 Å². The van der Waals surface area contributed by atoms with Crippen molar-refractivity contribution in [1.82, 2.24) is 14.7 Å². The molecule has 4 unspecified atom stereocenters. The molecule has 3 saturated heterocycles. The molecule has 4 rings (SSSR count). The fourth-order valence-corrected chi connectivity index (χ4v) is 5.91. The van der Waals surface area contributed by atoms with Gasteiger partial charge in [0.05, 0.1) is 6.61 Å². The zero-order valence-corrected chi connectivity index (χ0v) is 16.4. The molecule has 6 nitrogen and oxygen atoms in total. The Morgan fingerprint density at radius 1 is 0.962 bits per heavy atom. The number of ether oxygens (including phenoxy) is 1. The lowest BCUT2D eigenvalue weighted by atomic mass is 9.96. The number of rotatable bonds is 5. The minimum absolute atomic E-state index is 0.118.